The molecule has 2 amide bonds. The molecule has 1 aliphatic rings. The molecule has 0 aromatic carbocycles. The lowest BCUT2D eigenvalue weighted by atomic mass is 10.2. The Morgan fingerprint density at radius 3 is 2.91 bits per heavy atom. The van der Waals surface area contributed by atoms with Crippen LogP contribution >= 0.6 is 0 Å². The topological polar surface area (TPSA) is 159 Å². The zero-order chi connectivity index (χ0) is 22.1. The minimum Gasteiger partial charge on any atom is -0.364 e. The van der Waals surface area contributed by atoms with Crippen LogP contribution in [0.1, 0.15) is 23.3 Å². The molecular weight excluding hydrogens is 412 g/mol. The van der Waals surface area contributed by atoms with Crippen molar-refractivity contribution in [2.75, 3.05) is 22.1 Å². The highest BCUT2D eigenvalue weighted by Gasteiger charge is 2.33. The molecule has 12 heteroatoms. The summed E-state index contributed by atoms with van der Waals surface area (Å²) in [5.41, 5.74) is 6.75. The number of amides is 2. The van der Waals surface area contributed by atoms with Crippen molar-refractivity contribution < 1.29 is 9.59 Å². The minimum atomic E-state index is -0.612. The number of fused-ring (bicyclic) bond motifs is 1. The number of anilines is 4. The first-order valence-electron chi connectivity index (χ1n) is 10.0. The van der Waals surface area contributed by atoms with Crippen molar-refractivity contribution in [3.05, 3.63) is 54.6 Å². The number of carbonyl (C=O) groups is 2. The van der Waals surface area contributed by atoms with Gasteiger partial charge in [0.25, 0.3) is 5.91 Å². The van der Waals surface area contributed by atoms with E-state index in [1.165, 1.54) is 6.07 Å². The number of hydrogen-bond donors (Lipinski definition) is 4. The Morgan fingerprint density at radius 2 is 2.12 bits per heavy atom. The van der Waals surface area contributed by atoms with E-state index in [9.17, 15) is 9.59 Å². The first kappa shape index (κ1) is 19.5. The Hall–Kier alpha value is -4.48. The van der Waals surface area contributed by atoms with E-state index in [4.69, 9.17) is 5.73 Å². The van der Waals surface area contributed by atoms with Gasteiger partial charge in [-0.1, -0.05) is 0 Å². The van der Waals surface area contributed by atoms with Crippen LogP contribution in [0.4, 0.5) is 23.4 Å². The summed E-state index contributed by atoms with van der Waals surface area (Å²) in [6.45, 7) is 0.648. The number of aromatic amines is 1. The molecule has 0 saturated carbocycles. The largest absolute Gasteiger partial charge is 0.364 e. The molecular formula is C20H20N10O2. The number of carbonyl (C=O) groups excluding carboxylic acids is 2. The van der Waals surface area contributed by atoms with Crippen LogP contribution in [-0.4, -0.2) is 54.0 Å². The van der Waals surface area contributed by atoms with Gasteiger partial charge in [0.1, 0.15) is 17.4 Å². The summed E-state index contributed by atoms with van der Waals surface area (Å²) in [6, 6.07) is 8.33. The summed E-state index contributed by atoms with van der Waals surface area (Å²) >= 11 is 0. The van der Waals surface area contributed by atoms with Crippen LogP contribution in [0.2, 0.25) is 0 Å². The highest BCUT2D eigenvalue weighted by molar-refractivity contribution is 5.97. The second-order valence-corrected chi connectivity index (χ2v) is 7.32. The quantitative estimate of drug-likeness (QED) is 0.355. The second kappa shape index (κ2) is 7.98. The van der Waals surface area contributed by atoms with Gasteiger partial charge in [-0.05, 0) is 37.1 Å². The van der Waals surface area contributed by atoms with Gasteiger partial charge in [-0.15, -0.1) is 0 Å². The minimum absolute atomic E-state index is 0.137. The number of pyridine rings is 1. The van der Waals surface area contributed by atoms with Crippen molar-refractivity contribution in [1.82, 2.24) is 29.5 Å². The molecule has 4 aromatic heterocycles. The third kappa shape index (κ3) is 3.69. The summed E-state index contributed by atoms with van der Waals surface area (Å²) in [6.07, 6.45) is 6.58. The van der Waals surface area contributed by atoms with Crippen LogP contribution in [0.15, 0.2) is 48.9 Å². The zero-order valence-electron chi connectivity index (χ0n) is 16.9. The Balaban J connectivity index is 1.44. The van der Waals surface area contributed by atoms with Crippen molar-refractivity contribution in [3.63, 3.8) is 0 Å². The Morgan fingerprint density at radius 1 is 1.22 bits per heavy atom. The Bertz CT molecular complexity index is 1280. The smallest absolute Gasteiger partial charge is 0.266 e. The number of nitrogens with two attached hydrogens (primary N) is 1. The molecule has 1 aliphatic heterocycles. The molecule has 1 fully saturated rings. The number of primary amides is 1. The fourth-order valence-corrected chi connectivity index (χ4v) is 3.70. The van der Waals surface area contributed by atoms with Crippen molar-refractivity contribution in [1.29, 1.82) is 0 Å². The average Bonchev–Trinajstić information content (AvgIpc) is 3.54. The zero-order valence-corrected chi connectivity index (χ0v) is 16.9. The van der Waals surface area contributed by atoms with Gasteiger partial charge in [0.05, 0.1) is 11.9 Å². The van der Waals surface area contributed by atoms with Gasteiger partial charge in [0, 0.05) is 25.0 Å². The number of H-pyrrole nitrogens is 1. The fraction of sp³-hybridized carbons (Fsp3) is 0.200. The number of rotatable bonds is 6. The summed E-state index contributed by atoms with van der Waals surface area (Å²) in [5, 5.41) is 12.6. The van der Waals surface area contributed by atoms with E-state index < -0.39 is 11.9 Å². The van der Waals surface area contributed by atoms with Crippen molar-refractivity contribution in [2.45, 2.75) is 18.9 Å². The van der Waals surface area contributed by atoms with Crippen LogP contribution in [0.3, 0.4) is 0 Å². The van der Waals surface area contributed by atoms with Crippen LogP contribution in [0, 0.1) is 0 Å². The normalized spacial score (nSPS) is 15.8. The monoisotopic (exact) mass is 432 g/mol. The van der Waals surface area contributed by atoms with Gasteiger partial charge in [-0.3, -0.25) is 24.1 Å². The molecule has 0 spiro atoms. The number of hydrogen-bond acceptors (Lipinski definition) is 8. The highest BCUT2D eigenvalue weighted by atomic mass is 16.2. The van der Waals surface area contributed by atoms with E-state index in [0.29, 0.717) is 42.0 Å². The highest BCUT2D eigenvalue weighted by Crippen LogP contribution is 2.26. The van der Waals surface area contributed by atoms with Crippen LogP contribution < -0.4 is 21.3 Å². The predicted octanol–water partition coefficient (Wildman–Crippen LogP) is 1.30. The molecule has 162 valence electrons. The van der Waals surface area contributed by atoms with E-state index >= 15 is 0 Å². The lowest BCUT2D eigenvalue weighted by molar-refractivity contribution is -0.117. The molecule has 0 bridgehead atoms. The third-order valence-corrected chi connectivity index (χ3v) is 5.20. The van der Waals surface area contributed by atoms with E-state index in [1.807, 2.05) is 17.0 Å². The first-order chi connectivity index (χ1) is 15.6. The Kier molecular flexibility index (Phi) is 4.86. The molecule has 5 rings (SSSR count). The summed E-state index contributed by atoms with van der Waals surface area (Å²) in [4.78, 5) is 39.5. The van der Waals surface area contributed by atoms with Gasteiger partial charge < -0.3 is 21.3 Å². The molecule has 0 radical (unpaired) electrons. The third-order valence-electron chi connectivity index (χ3n) is 5.20. The SMILES string of the molecule is NC(=O)c1cc(Nc2nc(N3CCCC3C(=O)Nc3cccnc3)nc3cccn23)n[nH]1. The average molecular weight is 432 g/mol. The first-order valence-corrected chi connectivity index (χ1v) is 10.0. The molecule has 1 saturated heterocycles. The molecule has 12 nitrogen and oxygen atoms in total. The van der Waals surface area contributed by atoms with E-state index in [0.717, 1.165) is 6.42 Å². The molecule has 0 aliphatic carbocycles. The number of nitrogens with zero attached hydrogens (tertiary/aromatic N) is 6. The molecule has 1 unspecified atom stereocenters. The summed E-state index contributed by atoms with van der Waals surface area (Å²) < 4.78 is 1.75. The fourth-order valence-electron chi connectivity index (χ4n) is 3.70. The van der Waals surface area contributed by atoms with Crippen molar-refractivity contribution >= 4 is 40.9 Å². The number of aromatic nitrogens is 6. The van der Waals surface area contributed by atoms with Crippen molar-refractivity contribution in [3.8, 4) is 0 Å². The molecule has 1 atom stereocenters. The molecule has 5 heterocycles. The van der Waals surface area contributed by atoms with E-state index in [1.54, 1.807) is 35.1 Å². The van der Waals surface area contributed by atoms with Crippen LogP contribution in [-0.2, 0) is 4.79 Å². The second-order valence-electron chi connectivity index (χ2n) is 7.32. The Labute approximate surface area is 181 Å². The lowest BCUT2D eigenvalue weighted by Crippen LogP contribution is -2.40. The molecule has 5 N–H and O–H groups in total. The maximum absolute atomic E-state index is 12.9. The van der Waals surface area contributed by atoms with Gasteiger partial charge in [0.2, 0.25) is 17.8 Å². The molecule has 4 aromatic rings. The van der Waals surface area contributed by atoms with E-state index in [-0.39, 0.29) is 11.6 Å². The van der Waals surface area contributed by atoms with Crippen molar-refractivity contribution in [2.24, 2.45) is 5.73 Å². The van der Waals surface area contributed by atoms with Crippen LogP contribution in [0.25, 0.3) is 5.65 Å². The van der Waals surface area contributed by atoms with Gasteiger partial charge >= 0.3 is 0 Å². The van der Waals surface area contributed by atoms with Gasteiger partial charge in [-0.2, -0.15) is 15.1 Å². The van der Waals surface area contributed by atoms with Gasteiger partial charge in [-0.25, -0.2) is 0 Å². The number of nitrogens with one attached hydrogen (secondary N) is 3. The summed E-state index contributed by atoms with van der Waals surface area (Å²) in [5.74, 6) is 0.497. The lowest BCUT2D eigenvalue weighted by Gasteiger charge is -2.24. The maximum atomic E-state index is 12.9. The maximum Gasteiger partial charge on any atom is 0.266 e. The predicted molar refractivity (Wildman–Crippen MR) is 117 cm³/mol. The molecule has 32 heavy (non-hydrogen) atoms. The van der Waals surface area contributed by atoms with Gasteiger partial charge in [0.15, 0.2) is 5.82 Å². The van der Waals surface area contributed by atoms with E-state index in [2.05, 4.69) is 35.8 Å². The van der Waals surface area contributed by atoms with Crippen LogP contribution in [0.5, 0.6) is 0 Å². The standard InChI is InChI=1S/C20H20N10O2/c21-17(31)13-10-15(28-27-13)24-19-26-20(25-16-6-3-9-30(16)19)29-8-2-5-14(29)18(32)23-12-4-1-7-22-11-12/h1,3-4,6-7,9-11,14H,2,5,8H2,(H2,21,31)(H,23,32)(H2,24,25,26,27,28). The summed E-state index contributed by atoms with van der Waals surface area (Å²) in [7, 11) is 0.